The molecular weight excluding hydrogens is 452 g/mol. The molecule has 1 heterocycles. The summed E-state index contributed by atoms with van der Waals surface area (Å²) in [6.45, 7) is -0.168. The van der Waals surface area contributed by atoms with Crippen LogP contribution in [0, 0.1) is 0 Å². The number of halogens is 2. The van der Waals surface area contributed by atoms with Crippen LogP contribution in [0.5, 0.6) is 0 Å². The van der Waals surface area contributed by atoms with Gasteiger partial charge in [-0.3, -0.25) is 0 Å². The van der Waals surface area contributed by atoms with Crippen LogP contribution in [0.25, 0.3) is 0 Å². The molecule has 2 aromatic rings. The van der Waals surface area contributed by atoms with Gasteiger partial charge in [0.15, 0.2) is 0 Å². The molecule has 26 heavy (non-hydrogen) atoms. The number of ether oxygens (including phenoxy) is 2. The molecule has 1 saturated heterocycles. The van der Waals surface area contributed by atoms with Crippen LogP contribution in [-0.4, -0.2) is 32.5 Å². The molecule has 2 amide bonds. The fourth-order valence-corrected chi connectivity index (χ4v) is 7.07. The fraction of sp³-hybridized carbons (Fsp3) is 0.263. The van der Waals surface area contributed by atoms with Crippen molar-refractivity contribution >= 4 is 32.1 Å². The van der Waals surface area contributed by atoms with E-state index in [0.717, 1.165) is 14.2 Å². The average molecular weight is 471 g/mol. The van der Waals surface area contributed by atoms with Crippen LogP contribution in [0.4, 0.5) is 9.18 Å². The topological polar surface area (TPSA) is 55.8 Å². The SMILES string of the molecule is O=C1OCI(Cc2ccccc2)N1C(=O)[C@@H](F)COCc1ccccc1. The van der Waals surface area contributed by atoms with Gasteiger partial charge in [-0.25, -0.2) is 0 Å². The predicted octanol–water partition coefficient (Wildman–Crippen LogP) is 4.10. The van der Waals surface area contributed by atoms with Crippen LogP contribution in [-0.2, 0) is 25.3 Å². The second-order valence-corrected chi connectivity index (χ2v) is 10.4. The standard InChI is InChI=1S/C19H19FINO4/c20-17(13-25-12-16-9-5-2-6-10-16)18(23)22-19(24)26-14-21(22)11-15-7-3-1-4-8-15/h1-10,17H,11-14H2/t17-/m0/s1. The van der Waals surface area contributed by atoms with E-state index < -0.39 is 38.3 Å². The van der Waals surface area contributed by atoms with E-state index in [1.807, 2.05) is 60.7 Å². The van der Waals surface area contributed by atoms with Crippen LogP contribution in [0.3, 0.4) is 0 Å². The Kier molecular flexibility index (Phi) is 6.56. The fourth-order valence-electron chi connectivity index (χ4n) is 2.41. The van der Waals surface area contributed by atoms with Gasteiger partial charge in [-0.15, -0.1) is 0 Å². The van der Waals surface area contributed by atoms with Gasteiger partial charge in [0.25, 0.3) is 0 Å². The number of carbonyl (C=O) groups excluding carboxylic acids is 2. The van der Waals surface area contributed by atoms with Crippen molar-refractivity contribution < 1.29 is 23.5 Å². The molecule has 0 unspecified atom stereocenters. The van der Waals surface area contributed by atoms with Crippen LogP contribution >= 0.6 is 20.1 Å². The molecule has 0 radical (unpaired) electrons. The van der Waals surface area contributed by atoms with E-state index in [9.17, 15) is 14.0 Å². The Morgan fingerprint density at radius 3 is 2.38 bits per heavy atom. The summed E-state index contributed by atoms with van der Waals surface area (Å²) >= 11 is -2.27. The molecule has 0 spiro atoms. The van der Waals surface area contributed by atoms with E-state index in [1.165, 1.54) is 0 Å². The summed E-state index contributed by atoms with van der Waals surface area (Å²) < 4.78 is 26.5. The second-order valence-electron chi connectivity index (χ2n) is 5.65. The van der Waals surface area contributed by atoms with Gasteiger partial charge in [0.2, 0.25) is 0 Å². The maximum absolute atomic E-state index is 14.3. The molecule has 5 nitrogen and oxygen atoms in total. The van der Waals surface area contributed by atoms with E-state index in [1.54, 1.807) is 0 Å². The Balaban J connectivity index is 1.56. The number of rotatable bonds is 7. The molecule has 3 rings (SSSR count). The Hall–Kier alpha value is -2.00. The first-order valence-electron chi connectivity index (χ1n) is 8.07. The van der Waals surface area contributed by atoms with Crippen LogP contribution in [0.15, 0.2) is 60.7 Å². The Bertz CT molecular complexity index is 744. The summed E-state index contributed by atoms with van der Waals surface area (Å²) in [6.07, 6.45) is -2.61. The molecule has 2 aromatic carbocycles. The first-order valence-corrected chi connectivity index (χ1v) is 12.1. The summed E-state index contributed by atoms with van der Waals surface area (Å²) in [7, 11) is 0. The molecule has 0 aromatic heterocycles. The molecule has 0 N–H and O–H groups in total. The predicted molar refractivity (Wildman–Crippen MR) is 103 cm³/mol. The number of benzene rings is 2. The number of nitrogens with zero attached hydrogens (tertiary/aromatic N) is 1. The minimum atomic E-state index is -2.27. The number of cyclic esters (lactones) is 1. The number of alkyl halides is 3. The van der Waals surface area contributed by atoms with Crippen molar-refractivity contribution in [1.82, 2.24) is 3.11 Å². The van der Waals surface area contributed by atoms with Gasteiger partial charge >= 0.3 is 159 Å². The van der Waals surface area contributed by atoms with Crippen molar-refractivity contribution in [3.63, 3.8) is 0 Å². The third kappa shape index (κ3) is 4.79. The third-order valence-corrected chi connectivity index (χ3v) is 8.72. The van der Waals surface area contributed by atoms with Crippen LogP contribution in [0.1, 0.15) is 11.1 Å². The van der Waals surface area contributed by atoms with E-state index in [2.05, 4.69) is 0 Å². The van der Waals surface area contributed by atoms with Gasteiger partial charge < -0.3 is 0 Å². The van der Waals surface area contributed by atoms with Crippen molar-refractivity contribution in [2.75, 3.05) is 11.2 Å². The van der Waals surface area contributed by atoms with Gasteiger partial charge in [0, 0.05) is 0 Å². The van der Waals surface area contributed by atoms with Gasteiger partial charge in [-0.05, 0) is 0 Å². The van der Waals surface area contributed by atoms with Gasteiger partial charge in [-0.2, -0.15) is 0 Å². The minimum absolute atomic E-state index is 0.214. The quantitative estimate of drug-likeness (QED) is 0.347. The second kappa shape index (κ2) is 9.09. The van der Waals surface area contributed by atoms with E-state index >= 15 is 0 Å². The molecule has 1 atom stereocenters. The van der Waals surface area contributed by atoms with Gasteiger partial charge in [-0.1, -0.05) is 0 Å². The molecule has 7 heteroatoms. The maximum atomic E-state index is 14.3. The third-order valence-electron chi connectivity index (χ3n) is 3.69. The first kappa shape index (κ1) is 18.8. The summed E-state index contributed by atoms with van der Waals surface area (Å²) in [5, 5.41) is 0. The average Bonchev–Trinajstić information content (AvgIpc) is 3.03. The molecule has 0 saturated carbocycles. The van der Waals surface area contributed by atoms with Crippen molar-refractivity contribution in [2.24, 2.45) is 0 Å². The van der Waals surface area contributed by atoms with Crippen LogP contribution < -0.4 is 0 Å². The van der Waals surface area contributed by atoms with Crippen molar-refractivity contribution in [2.45, 2.75) is 17.2 Å². The number of hydrogen-bond donors (Lipinski definition) is 0. The summed E-state index contributed by atoms with van der Waals surface area (Å²) in [4.78, 5) is 24.3. The van der Waals surface area contributed by atoms with E-state index in [-0.39, 0.29) is 17.8 Å². The Morgan fingerprint density at radius 2 is 1.73 bits per heavy atom. The first-order chi connectivity index (χ1) is 12.6. The zero-order chi connectivity index (χ0) is 18.4. The van der Waals surface area contributed by atoms with Crippen molar-refractivity contribution in [3.8, 4) is 0 Å². The zero-order valence-corrected chi connectivity index (χ0v) is 16.2. The molecule has 1 fully saturated rings. The van der Waals surface area contributed by atoms with E-state index in [0.29, 0.717) is 4.43 Å². The molecule has 1 aliphatic heterocycles. The van der Waals surface area contributed by atoms with Crippen LogP contribution in [0.2, 0.25) is 0 Å². The summed E-state index contributed by atoms with van der Waals surface area (Å²) in [6, 6.07) is 18.9. The normalized spacial score (nSPS) is 16.4. The molecule has 0 bridgehead atoms. The summed E-state index contributed by atoms with van der Waals surface area (Å²) in [5.74, 6) is -0.846. The van der Waals surface area contributed by atoms with Gasteiger partial charge in [0.05, 0.1) is 0 Å². The molecular formula is C19H19FINO4. The number of imide groups is 1. The zero-order valence-electron chi connectivity index (χ0n) is 14.0. The van der Waals surface area contributed by atoms with Crippen molar-refractivity contribution in [1.29, 1.82) is 0 Å². The molecule has 0 aliphatic carbocycles. The monoisotopic (exact) mass is 471 g/mol. The van der Waals surface area contributed by atoms with Crippen molar-refractivity contribution in [3.05, 3.63) is 71.8 Å². The van der Waals surface area contributed by atoms with E-state index in [4.69, 9.17) is 9.47 Å². The van der Waals surface area contributed by atoms with Gasteiger partial charge in [0.1, 0.15) is 0 Å². The molecule has 1 aliphatic rings. The Morgan fingerprint density at radius 1 is 1.12 bits per heavy atom. The Labute approximate surface area is 158 Å². The number of amides is 2. The number of carbonyl (C=O) groups is 2. The molecule has 138 valence electrons. The summed E-state index contributed by atoms with van der Waals surface area (Å²) in [5.41, 5.74) is 1.91. The number of hydrogen-bond acceptors (Lipinski definition) is 4.